The third kappa shape index (κ3) is 3.84. The van der Waals surface area contributed by atoms with Crippen molar-refractivity contribution in [3.63, 3.8) is 0 Å². The second-order valence-corrected chi connectivity index (χ2v) is 5.70. The first-order valence-corrected chi connectivity index (χ1v) is 7.12. The van der Waals surface area contributed by atoms with Gasteiger partial charge in [-0.1, -0.05) is 6.92 Å². The topological polar surface area (TPSA) is 58.4 Å². The van der Waals surface area contributed by atoms with Crippen molar-refractivity contribution in [3.05, 3.63) is 23.8 Å². The molecular weight excluding hydrogens is 246 g/mol. The summed E-state index contributed by atoms with van der Waals surface area (Å²) < 4.78 is 0. The lowest BCUT2D eigenvalue weighted by Crippen LogP contribution is -2.29. The summed E-state index contributed by atoms with van der Waals surface area (Å²) in [5.74, 6) is -0.0760. The fourth-order valence-corrected chi connectivity index (χ4v) is 1.77. The highest BCUT2D eigenvalue weighted by atomic mass is 32.2. The Labute approximate surface area is 113 Å². The van der Waals surface area contributed by atoms with Gasteiger partial charge in [0.25, 0.3) is 5.91 Å². The van der Waals surface area contributed by atoms with Gasteiger partial charge in [-0.2, -0.15) is 11.8 Å². The average Bonchev–Trinajstić information content (AvgIpc) is 2.34. The number of benzene rings is 1. The van der Waals surface area contributed by atoms with Crippen LogP contribution in [0.3, 0.4) is 0 Å². The predicted octanol–water partition coefficient (Wildman–Crippen LogP) is 1.82. The Bertz CT molecular complexity index is 421. The van der Waals surface area contributed by atoms with E-state index in [0.29, 0.717) is 23.0 Å². The summed E-state index contributed by atoms with van der Waals surface area (Å²) in [6.07, 6.45) is 2.03. The number of carbonyl (C=O) groups is 1. The maximum Gasteiger partial charge on any atom is 0.251 e. The van der Waals surface area contributed by atoms with Crippen LogP contribution in [-0.2, 0) is 0 Å². The van der Waals surface area contributed by atoms with Gasteiger partial charge in [0.05, 0.1) is 11.4 Å². The van der Waals surface area contributed by atoms with E-state index in [1.54, 1.807) is 23.9 Å². The van der Waals surface area contributed by atoms with E-state index in [1.165, 1.54) is 0 Å². The molecule has 0 saturated heterocycles. The molecule has 1 rings (SSSR count). The highest BCUT2D eigenvalue weighted by Gasteiger charge is 2.10. The summed E-state index contributed by atoms with van der Waals surface area (Å²) in [6, 6.07) is 5.38. The molecular formula is C13H21N3OS. The van der Waals surface area contributed by atoms with E-state index in [4.69, 9.17) is 5.73 Å². The summed E-state index contributed by atoms with van der Waals surface area (Å²) in [6.45, 7) is 2.74. The van der Waals surface area contributed by atoms with Crippen LogP contribution in [0.25, 0.3) is 0 Å². The monoisotopic (exact) mass is 267 g/mol. The molecule has 0 bridgehead atoms. The molecule has 0 aliphatic carbocycles. The standard InChI is InChI=1S/C13H21N3OS/c1-9(18-4)8-15-13(17)10-5-6-12(16(2)3)11(14)7-10/h5-7,9H,8,14H2,1-4H3,(H,15,17). The predicted molar refractivity (Wildman–Crippen MR) is 80.5 cm³/mol. The normalized spacial score (nSPS) is 12.0. The fourth-order valence-electron chi connectivity index (χ4n) is 1.52. The molecule has 3 N–H and O–H groups in total. The Morgan fingerprint density at radius 3 is 2.67 bits per heavy atom. The summed E-state index contributed by atoms with van der Waals surface area (Å²) >= 11 is 1.73. The second-order valence-electron chi connectivity index (χ2n) is 4.42. The number of amides is 1. The molecule has 1 atom stereocenters. The van der Waals surface area contributed by atoms with Gasteiger partial charge in [0.15, 0.2) is 0 Å². The largest absolute Gasteiger partial charge is 0.397 e. The quantitative estimate of drug-likeness (QED) is 0.799. The van der Waals surface area contributed by atoms with Gasteiger partial charge in [-0.15, -0.1) is 0 Å². The maximum absolute atomic E-state index is 11.9. The molecule has 100 valence electrons. The van der Waals surface area contributed by atoms with E-state index >= 15 is 0 Å². The first kappa shape index (κ1) is 14.7. The maximum atomic E-state index is 11.9. The van der Waals surface area contributed by atoms with Crippen molar-refractivity contribution < 1.29 is 4.79 Å². The van der Waals surface area contributed by atoms with Crippen LogP contribution in [-0.4, -0.2) is 38.1 Å². The number of anilines is 2. The molecule has 0 aliphatic heterocycles. The number of nitrogens with two attached hydrogens (primary N) is 1. The van der Waals surface area contributed by atoms with E-state index in [-0.39, 0.29) is 5.91 Å². The molecule has 1 aromatic carbocycles. The molecule has 0 radical (unpaired) electrons. The van der Waals surface area contributed by atoms with Crippen LogP contribution in [0.1, 0.15) is 17.3 Å². The zero-order valence-electron chi connectivity index (χ0n) is 11.4. The molecule has 0 aliphatic rings. The molecule has 0 fully saturated rings. The summed E-state index contributed by atoms with van der Waals surface area (Å²) in [5.41, 5.74) is 8.06. The van der Waals surface area contributed by atoms with Gasteiger partial charge in [-0.3, -0.25) is 4.79 Å². The zero-order chi connectivity index (χ0) is 13.7. The molecule has 0 saturated carbocycles. The molecule has 5 heteroatoms. The fraction of sp³-hybridized carbons (Fsp3) is 0.462. The number of rotatable bonds is 5. The van der Waals surface area contributed by atoms with Crippen molar-refractivity contribution in [1.29, 1.82) is 0 Å². The molecule has 18 heavy (non-hydrogen) atoms. The van der Waals surface area contributed by atoms with Crippen LogP contribution >= 0.6 is 11.8 Å². The van der Waals surface area contributed by atoms with E-state index in [1.807, 2.05) is 31.3 Å². The molecule has 1 aromatic rings. The number of hydrogen-bond donors (Lipinski definition) is 2. The van der Waals surface area contributed by atoms with Crippen LogP contribution in [0.2, 0.25) is 0 Å². The highest BCUT2D eigenvalue weighted by molar-refractivity contribution is 7.99. The molecule has 0 heterocycles. The highest BCUT2D eigenvalue weighted by Crippen LogP contribution is 2.22. The molecule has 1 amide bonds. The van der Waals surface area contributed by atoms with Gasteiger partial charge in [0.1, 0.15) is 0 Å². The molecule has 0 aromatic heterocycles. The first-order chi connectivity index (χ1) is 8.45. The second kappa shape index (κ2) is 6.54. The lowest BCUT2D eigenvalue weighted by Gasteiger charge is -2.16. The minimum Gasteiger partial charge on any atom is -0.397 e. The van der Waals surface area contributed by atoms with E-state index < -0.39 is 0 Å². The van der Waals surface area contributed by atoms with Gasteiger partial charge in [-0.05, 0) is 24.5 Å². The molecule has 4 nitrogen and oxygen atoms in total. The summed E-state index contributed by atoms with van der Waals surface area (Å²) in [4.78, 5) is 13.8. The van der Waals surface area contributed by atoms with Crippen molar-refractivity contribution in [3.8, 4) is 0 Å². The van der Waals surface area contributed by atoms with Gasteiger partial charge in [0.2, 0.25) is 0 Å². The number of thioether (sulfide) groups is 1. The SMILES string of the molecule is CSC(C)CNC(=O)c1ccc(N(C)C)c(N)c1. The minimum absolute atomic E-state index is 0.0760. The Hall–Kier alpha value is -1.36. The Morgan fingerprint density at radius 2 is 2.17 bits per heavy atom. The van der Waals surface area contributed by atoms with Gasteiger partial charge in [-0.25, -0.2) is 0 Å². The third-order valence-electron chi connectivity index (χ3n) is 2.72. The van der Waals surface area contributed by atoms with Crippen LogP contribution in [0.4, 0.5) is 11.4 Å². The van der Waals surface area contributed by atoms with Gasteiger partial charge < -0.3 is 16.0 Å². The lowest BCUT2D eigenvalue weighted by molar-refractivity contribution is 0.0954. The minimum atomic E-state index is -0.0760. The zero-order valence-corrected chi connectivity index (χ0v) is 12.2. The van der Waals surface area contributed by atoms with Crippen molar-refractivity contribution >= 4 is 29.0 Å². The number of hydrogen-bond acceptors (Lipinski definition) is 4. The number of carbonyl (C=O) groups excluding carboxylic acids is 1. The van der Waals surface area contributed by atoms with E-state index in [0.717, 1.165) is 5.69 Å². The first-order valence-electron chi connectivity index (χ1n) is 5.83. The van der Waals surface area contributed by atoms with E-state index in [9.17, 15) is 4.79 Å². The van der Waals surface area contributed by atoms with E-state index in [2.05, 4.69) is 12.2 Å². The summed E-state index contributed by atoms with van der Waals surface area (Å²) in [5, 5.41) is 3.31. The number of nitrogens with zero attached hydrogens (tertiary/aromatic N) is 1. The number of nitrogen functional groups attached to an aromatic ring is 1. The van der Waals surface area contributed by atoms with Gasteiger partial charge in [0, 0.05) is 31.5 Å². The Balaban J connectivity index is 2.73. The summed E-state index contributed by atoms with van der Waals surface area (Å²) in [7, 11) is 3.84. The van der Waals surface area contributed by atoms with Crippen LogP contribution in [0, 0.1) is 0 Å². The van der Waals surface area contributed by atoms with Crippen molar-refractivity contribution in [2.45, 2.75) is 12.2 Å². The van der Waals surface area contributed by atoms with Crippen molar-refractivity contribution in [1.82, 2.24) is 5.32 Å². The van der Waals surface area contributed by atoms with Crippen LogP contribution in [0.15, 0.2) is 18.2 Å². The molecule has 1 unspecified atom stereocenters. The van der Waals surface area contributed by atoms with Crippen LogP contribution < -0.4 is 16.0 Å². The van der Waals surface area contributed by atoms with Crippen molar-refractivity contribution in [2.75, 3.05) is 37.5 Å². The Kier molecular flexibility index (Phi) is 5.34. The lowest BCUT2D eigenvalue weighted by atomic mass is 10.1. The molecule has 0 spiro atoms. The number of nitrogens with one attached hydrogen (secondary N) is 1. The average molecular weight is 267 g/mol. The van der Waals surface area contributed by atoms with Crippen molar-refractivity contribution in [2.24, 2.45) is 0 Å². The van der Waals surface area contributed by atoms with Gasteiger partial charge >= 0.3 is 0 Å². The smallest absolute Gasteiger partial charge is 0.251 e. The van der Waals surface area contributed by atoms with Crippen LogP contribution in [0.5, 0.6) is 0 Å². The third-order valence-corrected chi connectivity index (χ3v) is 3.70. The Morgan fingerprint density at radius 1 is 1.50 bits per heavy atom.